The molecule has 1 aliphatic heterocycles. The van der Waals surface area contributed by atoms with Crippen molar-refractivity contribution in [3.8, 4) is 5.75 Å². The molecule has 1 fully saturated rings. The van der Waals surface area contributed by atoms with E-state index in [4.69, 9.17) is 4.74 Å². The zero-order valence-corrected chi connectivity index (χ0v) is 11.5. The van der Waals surface area contributed by atoms with Gasteiger partial charge in [-0.3, -0.25) is 0 Å². The minimum Gasteiger partial charge on any atom is -0.497 e. The summed E-state index contributed by atoms with van der Waals surface area (Å²) in [6.45, 7) is 2.51. The van der Waals surface area contributed by atoms with Crippen molar-refractivity contribution in [2.45, 2.75) is 24.6 Å². The quantitative estimate of drug-likeness (QED) is 0.884. The maximum Gasteiger partial charge on any atom is 0.154 e. The molecule has 100 valence electrons. The molecule has 2 rings (SSSR count). The Morgan fingerprint density at radius 2 is 2.17 bits per heavy atom. The number of hydrogen-bond donors (Lipinski definition) is 1. The van der Waals surface area contributed by atoms with Crippen molar-refractivity contribution >= 4 is 9.84 Å². The second kappa shape index (κ2) is 5.28. The van der Waals surface area contributed by atoms with Crippen molar-refractivity contribution < 1.29 is 13.2 Å². The first-order valence-corrected chi connectivity index (χ1v) is 7.83. The second-order valence-corrected chi connectivity index (χ2v) is 7.18. The Morgan fingerprint density at radius 3 is 2.89 bits per heavy atom. The lowest BCUT2D eigenvalue weighted by atomic mass is 10.1. The highest BCUT2D eigenvalue weighted by Crippen LogP contribution is 2.24. The first-order chi connectivity index (χ1) is 8.53. The third-order valence-corrected chi connectivity index (χ3v) is 5.71. The first-order valence-electron chi connectivity index (χ1n) is 6.12. The number of rotatable bonds is 2. The van der Waals surface area contributed by atoms with Crippen LogP contribution in [0, 0.1) is 0 Å². The monoisotopic (exact) mass is 269 g/mol. The normalized spacial score (nSPS) is 27.4. The molecule has 0 radical (unpaired) electrons. The molecule has 1 heterocycles. The Hall–Kier alpha value is -1.07. The summed E-state index contributed by atoms with van der Waals surface area (Å²) in [6, 6.07) is 7.43. The maximum atomic E-state index is 12.1. The molecule has 1 aromatic rings. The van der Waals surface area contributed by atoms with Gasteiger partial charge in [0.15, 0.2) is 9.84 Å². The molecule has 0 spiro atoms. The van der Waals surface area contributed by atoms with E-state index in [0.29, 0.717) is 6.42 Å². The van der Waals surface area contributed by atoms with Crippen molar-refractivity contribution in [2.24, 2.45) is 0 Å². The van der Waals surface area contributed by atoms with E-state index in [-0.39, 0.29) is 17.0 Å². The first kappa shape index (κ1) is 13.4. The summed E-state index contributed by atoms with van der Waals surface area (Å²) in [7, 11) is -1.41. The van der Waals surface area contributed by atoms with E-state index < -0.39 is 9.84 Å². The average Bonchev–Trinajstić information content (AvgIpc) is 2.49. The molecule has 0 bridgehead atoms. The van der Waals surface area contributed by atoms with E-state index in [1.165, 1.54) is 0 Å². The Morgan fingerprint density at radius 1 is 1.39 bits per heavy atom. The standard InChI is InChI=1S/C13H19NO3S/c1-10-6-7-14-13(9-18(10,15)16)11-4-3-5-12(8-11)17-2/h3-5,8,10,13-14H,6-7,9H2,1-2H3. The number of sulfone groups is 1. The maximum absolute atomic E-state index is 12.1. The van der Waals surface area contributed by atoms with E-state index in [1.54, 1.807) is 14.0 Å². The van der Waals surface area contributed by atoms with Crippen LogP contribution in [0.3, 0.4) is 0 Å². The van der Waals surface area contributed by atoms with Gasteiger partial charge in [0.05, 0.1) is 18.1 Å². The van der Waals surface area contributed by atoms with Crippen LogP contribution in [-0.4, -0.2) is 33.1 Å². The van der Waals surface area contributed by atoms with Crippen molar-refractivity contribution in [3.05, 3.63) is 29.8 Å². The van der Waals surface area contributed by atoms with Crippen LogP contribution in [0.15, 0.2) is 24.3 Å². The molecule has 5 heteroatoms. The van der Waals surface area contributed by atoms with Crippen LogP contribution >= 0.6 is 0 Å². The number of nitrogens with one attached hydrogen (secondary N) is 1. The second-order valence-electron chi connectivity index (χ2n) is 4.71. The van der Waals surface area contributed by atoms with Gasteiger partial charge in [0.1, 0.15) is 5.75 Å². The van der Waals surface area contributed by atoms with E-state index >= 15 is 0 Å². The van der Waals surface area contributed by atoms with Gasteiger partial charge in [-0.15, -0.1) is 0 Å². The Kier molecular flexibility index (Phi) is 3.92. The number of benzene rings is 1. The molecule has 0 aliphatic carbocycles. The van der Waals surface area contributed by atoms with Gasteiger partial charge in [0, 0.05) is 6.04 Å². The zero-order valence-electron chi connectivity index (χ0n) is 10.7. The van der Waals surface area contributed by atoms with Gasteiger partial charge in [-0.2, -0.15) is 0 Å². The molecule has 1 aromatic carbocycles. The topological polar surface area (TPSA) is 55.4 Å². The number of ether oxygens (including phenoxy) is 1. The summed E-state index contributed by atoms with van der Waals surface area (Å²) in [5.41, 5.74) is 0.965. The Labute approximate surface area is 108 Å². The SMILES string of the molecule is COc1cccc(C2CS(=O)(=O)C(C)CCN2)c1. The molecule has 18 heavy (non-hydrogen) atoms. The predicted molar refractivity (Wildman–Crippen MR) is 71.6 cm³/mol. The number of methoxy groups -OCH3 is 1. The lowest BCUT2D eigenvalue weighted by Crippen LogP contribution is -2.26. The summed E-state index contributed by atoms with van der Waals surface area (Å²) in [5.74, 6) is 0.908. The van der Waals surface area contributed by atoms with Crippen molar-refractivity contribution in [1.29, 1.82) is 0 Å². The molecular formula is C13H19NO3S. The lowest BCUT2D eigenvalue weighted by molar-refractivity contribution is 0.413. The van der Waals surface area contributed by atoms with E-state index in [1.807, 2.05) is 24.3 Å². The van der Waals surface area contributed by atoms with Crippen LogP contribution in [0.25, 0.3) is 0 Å². The van der Waals surface area contributed by atoms with Crippen molar-refractivity contribution in [2.75, 3.05) is 19.4 Å². The van der Waals surface area contributed by atoms with Crippen molar-refractivity contribution in [1.82, 2.24) is 5.32 Å². The fraction of sp³-hybridized carbons (Fsp3) is 0.538. The van der Waals surface area contributed by atoms with Gasteiger partial charge in [-0.05, 0) is 37.6 Å². The highest BCUT2D eigenvalue weighted by Gasteiger charge is 2.29. The van der Waals surface area contributed by atoms with Crippen LogP contribution in [0.1, 0.15) is 24.9 Å². The van der Waals surface area contributed by atoms with Crippen LogP contribution in [0.4, 0.5) is 0 Å². The Balaban J connectivity index is 2.27. The minimum atomic E-state index is -3.02. The fourth-order valence-electron chi connectivity index (χ4n) is 2.17. The van der Waals surface area contributed by atoms with Gasteiger partial charge >= 0.3 is 0 Å². The van der Waals surface area contributed by atoms with E-state index in [2.05, 4.69) is 5.32 Å². The Bertz CT molecular complexity index is 513. The summed E-state index contributed by atoms with van der Waals surface area (Å²) < 4.78 is 29.3. The van der Waals surface area contributed by atoms with Crippen LogP contribution < -0.4 is 10.1 Å². The fourth-order valence-corrected chi connectivity index (χ4v) is 3.75. The summed E-state index contributed by atoms with van der Waals surface area (Å²) in [6.07, 6.45) is 0.669. The van der Waals surface area contributed by atoms with Crippen LogP contribution in [0.2, 0.25) is 0 Å². The van der Waals surface area contributed by atoms with Crippen LogP contribution in [-0.2, 0) is 9.84 Å². The number of hydrogen-bond acceptors (Lipinski definition) is 4. The molecule has 2 atom stereocenters. The average molecular weight is 269 g/mol. The van der Waals surface area contributed by atoms with Gasteiger partial charge < -0.3 is 10.1 Å². The molecule has 4 nitrogen and oxygen atoms in total. The lowest BCUT2D eigenvalue weighted by Gasteiger charge is -2.16. The molecule has 2 unspecified atom stereocenters. The molecule has 1 aliphatic rings. The summed E-state index contributed by atoms with van der Waals surface area (Å²) in [5, 5.41) is 3.04. The molecule has 1 saturated heterocycles. The van der Waals surface area contributed by atoms with Crippen molar-refractivity contribution in [3.63, 3.8) is 0 Å². The van der Waals surface area contributed by atoms with Gasteiger partial charge in [-0.1, -0.05) is 12.1 Å². The molecule has 1 N–H and O–H groups in total. The van der Waals surface area contributed by atoms with Gasteiger partial charge in [-0.25, -0.2) is 8.42 Å². The predicted octanol–water partition coefficient (Wildman–Crippen LogP) is 1.53. The highest BCUT2D eigenvalue weighted by molar-refractivity contribution is 7.92. The largest absolute Gasteiger partial charge is 0.497 e. The molecular weight excluding hydrogens is 250 g/mol. The van der Waals surface area contributed by atoms with Crippen LogP contribution in [0.5, 0.6) is 5.75 Å². The molecule has 0 amide bonds. The third kappa shape index (κ3) is 2.84. The third-order valence-electron chi connectivity index (χ3n) is 3.45. The highest BCUT2D eigenvalue weighted by atomic mass is 32.2. The van der Waals surface area contributed by atoms with E-state index in [9.17, 15) is 8.42 Å². The molecule has 0 aromatic heterocycles. The van der Waals surface area contributed by atoms with E-state index in [0.717, 1.165) is 17.9 Å². The smallest absolute Gasteiger partial charge is 0.154 e. The van der Waals surface area contributed by atoms with Gasteiger partial charge in [0.2, 0.25) is 0 Å². The summed E-state index contributed by atoms with van der Waals surface area (Å²) >= 11 is 0. The molecule has 0 saturated carbocycles. The van der Waals surface area contributed by atoms with Gasteiger partial charge in [0.25, 0.3) is 0 Å². The zero-order chi connectivity index (χ0) is 13.2. The summed E-state index contributed by atoms with van der Waals surface area (Å²) in [4.78, 5) is 0. The minimum absolute atomic E-state index is 0.143.